The van der Waals surface area contributed by atoms with Gasteiger partial charge in [0.1, 0.15) is 0 Å². The minimum Gasteiger partial charge on any atom is -0.395 e. The summed E-state index contributed by atoms with van der Waals surface area (Å²) >= 11 is 0. The molecular weight excluding hydrogens is 543 g/mol. The number of halogens is 2. The van der Waals surface area contributed by atoms with Crippen molar-refractivity contribution in [2.45, 2.75) is 83.1 Å². The van der Waals surface area contributed by atoms with Gasteiger partial charge in [-0.1, -0.05) is 70.8 Å². The topological polar surface area (TPSA) is 9.23 Å². The molecule has 0 aliphatic rings. The Morgan fingerprint density at radius 1 is 0.341 bits per heavy atom. The van der Waals surface area contributed by atoms with Crippen molar-refractivity contribution in [3.8, 4) is 0 Å². The Balaban J connectivity index is 2.20. The van der Waals surface area contributed by atoms with E-state index in [1.165, 1.54) is 0 Å². The third-order valence-electron chi connectivity index (χ3n) is 8.28. The molecule has 0 atom stereocenters. The lowest BCUT2D eigenvalue weighted by molar-refractivity contribution is 0.448. The molecule has 216 valence electrons. The van der Waals surface area contributed by atoms with Crippen LogP contribution in [0.4, 0.5) is 8.22 Å². The van der Waals surface area contributed by atoms with Crippen LogP contribution in [0.15, 0.2) is 48.5 Å². The molecule has 41 heavy (non-hydrogen) atoms. The van der Waals surface area contributed by atoms with Gasteiger partial charge in [-0.25, -0.2) is 0 Å². The normalized spacial score (nSPS) is 12.2. The summed E-state index contributed by atoms with van der Waals surface area (Å²) in [6.45, 7) is 23.5. The quantitative estimate of drug-likeness (QED) is 0.172. The molecule has 0 saturated heterocycles. The molecule has 0 N–H and O–H groups in total. The summed E-state index contributed by atoms with van der Waals surface area (Å²) in [6.07, 6.45) is 0. The molecule has 0 heterocycles. The van der Waals surface area contributed by atoms with Crippen LogP contribution in [-0.2, 0) is 4.12 Å². The van der Waals surface area contributed by atoms with Gasteiger partial charge in [0, 0.05) is 20.7 Å². The summed E-state index contributed by atoms with van der Waals surface area (Å²) < 4.78 is 44.6. The van der Waals surface area contributed by atoms with Crippen LogP contribution < -0.4 is 20.7 Å². The highest BCUT2D eigenvalue weighted by molar-refractivity contribution is 7.05. The Morgan fingerprint density at radius 2 is 0.488 bits per heavy atom. The van der Waals surface area contributed by atoms with E-state index in [0.717, 1.165) is 66.8 Å². The lowest BCUT2D eigenvalue weighted by Crippen LogP contribution is -2.72. The van der Waals surface area contributed by atoms with Crippen molar-refractivity contribution >= 4 is 38.0 Å². The zero-order valence-electron chi connectivity index (χ0n) is 26.8. The van der Waals surface area contributed by atoms with Gasteiger partial charge in [-0.05, 0) is 128 Å². The maximum absolute atomic E-state index is 18.8. The SMILES string of the molecule is Cc1cc(C)c([Si](F)(O[Si](F)(c2c(C)cc(C)cc2C)c2c(C)cc(C)cc2C)c2c(C)cc(C)cc2C)c(C)c1. The maximum atomic E-state index is 18.8. The lowest BCUT2D eigenvalue weighted by Gasteiger charge is -2.38. The van der Waals surface area contributed by atoms with E-state index in [1.54, 1.807) is 0 Å². The molecule has 0 aliphatic heterocycles. The van der Waals surface area contributed by atoms with Crippen molar-refractivity contribution in [2.24, 2.45) is 0 Å². The molecule has 0 spiro atoms. The summed E-state index contributed by atoms with van der Waals surface area (Å²) in [4.78, 5) is 0. The van der Waals surface area contributed by atoms with Crippen LogP contribution >= 0.6 is 0 Å². The largest absolute Gasteiger partial charge is 0.442 e. The fourth-order valence-corrected chi connectivity index (χ4v) is 15.7. The van der Waals surface area contributed by atoms with Crippen LogP contribution in [0.25, 0.3) is 0 Å². The Morgan fingerprint density at radius 3 is 0.634 bits per heavy atom. The van der Waals surface area contributed by atoms with E-state index in [1.807, 2.05) is 132 Å². The Hall–Kier alpha value is -2.87. The molecule has 4 rings (SSSR count). The van der Waals surface area contributed by atoms with Crippen LogP contribution in [0.1, 0.15) is 66.8 Å². The van der Waals surface area contributed by atoms with E-state index >= 15 is 8.22 Å². The second kappa shape index (κ2) is 11.1. The van der Waals surface area contributed by atoms with E-state index in [9.17, 15) is 0 Å². The van der Waals surface area contributed by atoms with Crippen molar-refractivity contribution in [3.05, 3.63) is 115 Å². The summed E-state index contributed by atoms with van der Waals surface area (Å²) in [5.41, 5.74) is 10.7. The molecular formula is C36H44F2OSi2. The molecule has 0 amide bonds. The predicted octanol–water partition coefficient (Wildman–Crippen LogP) is 7.16. The molecule has 1 nitrogen and oxygen atoms in total. The van der Waals surface area contributed by atoms with Crippen LogP contribution in [0.3, 0.4) is 0 Å². The van der Waals surface area contributed by atoms with Gasteiger partial charge in [0.15, 0.2) is 0 Å². The number of benzene rings is 4. The standard InChI is InChI=1S/C36H44F2OSi2/c1-21-13-25(5)33(26(6)14-21)40(37,34-27(7)15-22(2)16-28(34)8)39-41(38,35-29(9)17-23(3)18-30(35)10)36-31(11)19-24(4)20-32(36)12/h13-20H,1-12H3. The first kappa shape index (κ1) is 31.1. The molecule has 4 aromatic carbocycles. The van der Waals surface area contributed by atoms with Gasteiger partial charge < -0.3 is 4.12 Å². The fraction of sp³-hybridized carbons (Fsp3) is 0.333. The molecule has 0 saturated carbocycles. The molecule has 0 aromatic heterocycles. The zero-order chi connectivity index (χ0) is 30.6. The van der Waals surface area contributed by atoms with E-state index in [2.05, 4.69) is 0 Å². The van der Waals surface area contributed by atoms with E-state index in [4.69, 9.17) is 4.12 Å². The first-order chi connectivity index (χ1) is 19.0. The van der Waals surface area contributed by atoms with Gasteiger partial charge in [-0.2, -0.15) is 0 Å². The van der Waals surface area contributed by atoms with E-state index < -0.39 is 17.3 Å². The third kappa shape index (κ3) is 5.52. The Kier molecular flexibility index (Phi) is 8.40. The van der Waals surface area contributed by atoms with Gasteiger partial charge in [-0.3, -0.25) is 8.22 Å². The number of rotatable bonds is 6. The monoisotopic (exact) mass is 586 g/mol. The number of hydrogen-bond acceptors (Lipinski definition) is 1. The van der Waals surface area contributed by atoms with Gasteiger partial charge in [0.25, 0.3) is 0 Å². The first-order valence-electron chi connectivity index (χ1n) is 14.4. The molecule has 0 aliphatic carbocycles. The summed E-state index contributed by atoms with van der Waals surface area (Å²) in [7, 11) is -9.32. The maximum Gasteiger partial charge on any atom is 0.442 e. The molecule has 5 heteroatoms. The smallest absolute Gasteiger partial charge is 0.395 e. The third-order valence-corrected chi connectivity index (χ3v) is 16.3. The second-order valence-electron chi connectivity index (χ2n) is 12.4. The summed E-state index contributed by atoms with van der Waals surface area (Å²) in [5.74, 6) is 0. The first-order valence-corrected chi connectivity index (χ1v) is 18.0. The van der Waals surface area contributed by atoms with Crippen molar-refractivity contribution < 1.29 is 12.3 Å². The minimum atomic E-state index is -4.66. The van der Waals surface area contributed by atoms with Crippen LogP contribution in [-0.4, -0.2) is 17.3 Å². The van der Waals surface area contributed by atoms with Crippen molar-refractivity contribution in [2.75, 3.05) is 0 Å². The van der Waals surface area contributed by atoms with Gasteiger partial charge in [-0.15, -0.1) is 0 Å². The summed E-state index contributed by atoms with van der Waals surface area (Å²) in [6, 6.07) is 16.0. The van der Waals surface area contributed by atoms with Crippen molar-refractivity contribution in [1.82, 2.24) is 0 Å². The molecule has 4 aromatic rings. The number of aryl methyl sites for hydroxylation is 12. The van der Waals surface area contributed by atoms with E-state index in [-0.39, 0.29) is 0 Å². The van der Waals surface area contributed by atoms with Gasteiger partial charge in [0.05, 0.1) is 0 Å². The van der Waals surface area contributed by atoms with Crippen LogP contribution in [0.5, 0.6) is 0 Å². The van der Waals surface area contributed by atoms with Gasteiger partial charge in [0.2, 0.25) is 0 Å². The molecule has 0 radical (unpaired) electrons. The number of hydrogen-bond donors (Lipinski definition) is 0. The highest BCUT2D eigenvalue weighted by Gasteiger charge is 2.57. The zero-order valence-corrected chi connectivity index (χ0v) is 28.8. The Bertz CT molecular complexity index is 1340. The second-order valence-corrected chi connectivity index (χ2v) is 17.6. The van der Waals surface area contributed by atoms with E-state index in [0.29, 0.717) is 20.7 Å². The highest BCUT2D eigenvalue weighted by atomic mass is 28.5. The molecule has 0 unspecified atom stereocenters. The van der Waals surface area contributed by atoms with Crippen LogP contribution in [0, 0.1) is 83.1 Å². The Labute approximate surface area is 248 Å². The lowest BCUT2D eigenvalue weighted by atomic mass is 10.1. The summed E-state index contributed by atoms with van der Waals surface area (Å²) in [5, 5.41) is 2.10. The molecule has 0 fully saturated rings. The average Bonchev–Trinajstić information content (AvgIpc) is 2.75. The average molecular weight is 587 g/mol. The molecule has 0 bridgehead atoms. The fourth-order valence-electron chi connectivity index (χ4n) is 7.40. The van der Waals surface area contributed by atoms with Crippen molar-refractivity contribution in [3.63, 3.8) is 0 Å². The van der Waals surface area contributed by atoms with Gasteiger partial charge >= 0.3 is 17.3 Å². The van der Waals surface area contributed by atoms with Crippen molar-refractivity contribution in [1.29, 1.82) is 0 Å². The minimum absolute atomic E-state index is 0.525. The van der Waals surface area contributed by atoms with Crippen LogP contribution in [0.2, 0.25) is 0 Å². The highest BCUT2D eigenvalue weighted by Crippen LogP contribution is 2.28. The predicted molar refractivity (Wildman–Crippen MR) is 176 cm³/mol.